The molecule has 0 spiro atoms. The van der Waals surface area contributed by atoms with Crippen LogP contribution in [-0.2, 0) is 10.8 Å². The Morgan fingerprint density at radius 2 is 0.591 bits per heavy atom. The number of aliphatic hydroxyl groups is 4. The summed E-state index contributed by atoms with van der Waals surface area (Å²) in [6, 6.07) is 29.4. The molecule has 0 aliphatic rings. The van der Waals surface area contributed by atoms with Crippen molar-refractivity contribution in [1.82, 2.24) is 0 Å². The first-order valence-corrected chi connectivity index (χ1v) is 14.6. The lowest BCUT2D eigenvalue weighted by molar-refractivity contribution is -0.0328. The molecule has 0 amide bonds. The fourth-order valence-electron chi connectivity index (χ4n) is 5.32. The van der Waals surface area contributed by atoms with E-state index in [1.165, 1.54) is 0 Å². The SMILES string of the molecule is CC(CCCC(C)(c1ccc(O)cc1)c1ccc(O)cc1)(c1ccc(O)cc1)c1ccc(O)cc1.OCC(CO)(CO)CO. The van der Waals surface area contributed by atoms with Gasteiger partial charge in [-0.2, -0.15) is 0 Å². The topological polar surface area (TPSA) is 162 Å². The van der Waals surface area contributed by atoms with E-state index < -0.39 is 31.8 Å². The number of hydrogen-bond donors (Lipinski definition) is 8. The highest BCUT2D eigenvalue weighted by Gasteiger charge is 2.33. The molecule has 4 rings (SSSR count). The molecule has 0 radical (unpaired) electrons. The van der Waals surface area contributed by atoms with Crippen LogP contribution in [0.5, 0.6) is 23.0 Å². The van der Waals surface area contributed by atoms with Gasteiger partial charge in [0.1, 0.15) is 23.0 Å². The first kappa shape index (κ1) is 34.4. The number of phenols is 4. The van der Waals surface area contributed by atoms with Crippen molar-refractivity contribution < 1.29 is 40.9 Å². The molecule has 0 saturated carbocycles. The molecule has 0 bridgehead atoms. The molecule has 0 fully saturated rings. The summed E-state index contributed by atoms with van der Waals surface area (Å²) in [6.07, 6.45) is 2.57. The van der Waals surface area contributed by atoms with Crippen molar-refractivity contribution in [3.05, 3.63) is 119 Å². The Balaban J connectivity index is 0.000000512. The van der Waals surface area contributed by atoms with E-state index in [2.05, 4.69) is 13.8 Å². The van der Waals surface area contributed by atoms with Gasteiger partial charge in [0.05, 0.1) is 31.8 Å². The highest BCUT2D eigenvalue weighted by molar-refractivity contribution is 5.44. The van der Waals surface area contributed by atoms with Crippen molar-refractivity contribution in [3.8, 4) is 23.0 Å². The molecule has 0 aliphatic carbocycles. The molecular formula is C36H44O8. The Kier molecular flexibility index (Phi) is 11.8. The summed E-state index contributed by atoms with van der Waals surface area (Å²) in [5.41, 5.74) is 2.61. The zero-order valence-corrected chi connectivity index (χ0v) is 25.3. The van der Waals surface area contributed by atoms with Crippen LogP contribution >= 0.6 is 0 Å². The van der Waals surface area contributed by atoms with Crippen LogP contribution in [-0.4, -0.2) is 67.3 Å². The van der Waals surface area contributed by atoms with Gasteiger partial charge in [0.15, 0.2) is 0 Å². The van der Waals surface area contributed by atoms with Crippen molar-refractivity contribution >= 4 is 0 Å². The van der Waals surface area contributed by atoms with Crippen LogP contribution in [0.1, 0.15) is 55.4 Å². The molecule has 236 valence electrons. The monoisotopic (exact) mass is 604 g/mol. The summed E-state index contributed by atoms with van der Waals surface area (Å²) < 4.78 is 0. The number of rotatable bonds is 12. The summed E-state index contributed by atoms with van der Waals surface area (Å²) in [6.45, 7) is 2.77. The van der Waals surface area contributed by atoms with Gasteiger partial charge in [0, 0.05) is 10.8 Å². The number of hydrogen-bond acceptors (Lipinski definition) is 8. The first-order valence-electron chi connectivity index (χ1n) is 14.6. The van der Waals surface area contributed by atoms with Crippen LogP contribution in [0.4, 0.5) is 0 Å². The third-order valence-corrected chi connectivity index (χ3v) is 8.71. The van der Waals surface area contributed by atoms with Gasteiger partial charge in [-0.05, 0) is 83.6 Å². The molecule has 44 heavy (non-hydrogen) atoms. The third-order valence-electron chi connectivity index (χ3n) is 8.71. The zero-order valence-electron chi connectivity index (χ0n) is 25.3. The second-order valence-corrected chi connectivity index (χ2v) is 11.8. The standard InChI is InChI=1S/C31H32O4.C5H12O4/c1-30(22-4-12-26(32)13-5-22,23-6-14-27(33)15-7-23)20-3-21-31(2,24-8-16-28(34)17-9-24)25-10-18-29(35)19-11-25;6-1-5(2-7,3-8)4-9/h4-19,32-35H,3,20-21H2,1-2H3;6-9H,1-4H2. The van der Waals surface area contributed by atoms with Crippen molar-refractivity contribution in [2.24, 2.45) is 5.41 Å². The predicted octanol–water partition coefficient (Wildman–Crippen LogP) is 4.93. The fourth-order valence-corrected chi connectivity index (χ4v) is 5.32. The maximum Gasteiger partial charge on any atom is 0.115 e. The van der Waals surface area contributed by atoms with Gasteiger partial charge in [0.2, 0.25) is 0 Å². The summed E-state index contributed by atoms with van der Waals surface area (Å²) in [4.78, 5) is 0. The van der Waals surface area contributed by atoms with Gasteiger partial charge in [0.25, 0.3) is 0 Å². The minimum Gasteiger partial charge on any atom is -0.508 e. The van der Waals surface area contributed by atoms with Gasteiger partial charge < -0.3 is 40.9 Å². The highest BCUT2D eigenvalue weighted by Crippen LogP contribution is 2.42. The molecule has 8 nitrogen and oxygen atoms in total. The number of phenolic OH excluding ortho intramolecular Hbond substituents is 4. The maximum absolute atomic E-state index is 9.83. The lowest BCUT2D eigenvalue weighted by Crippen LogP contribution is -2.37. The second-order valence-electron chi connectivity index (χ2n) is 11.8. The average molecular weight is 605 g/mol. The molecule has 0 aliphatic heterocycles. The van der Waals surface area contributed by atoms with Gasteiger partial charge >= 0.3 is 0 Å². The quantitative estimate of drug-likeness (QED) is 0.113. The van der Waals surface area contributed by atoms with E-state index in [0.717, 1.165) is 41.5 Å². The number of aromatic hydroxyl groups is 4. The van der Waals surface area contributed by atoms with E-state index in [4.69, 9.17) is 20.4 Å². The molecule has 0 aromatic heterocycles. The summed E-state index contributed by atoms with van der Waals surface area (Å²) in [5, 5.41) is 73.3. The van der Waals surface area contributed by atoms with Crippen LogP contribution in [0.3, 0.4) is 0 Å². The maximum atomic E-state index is 9.83. The van der Waals surface area contributed by atoms with Crippen molar-refractivity contribution in [3.63, 3.8) is 0 Å². The third kappa shape index (κ3) is 8.09. The molecule has 4 aromatic carbocycles. The first-order chi connectivity index (χ1) is 20.9. The molecular weight excluding hydrogens is 560 g/mol. The zero-order chi connectivity index (χ0) is 32.4. The Labute approximate surface area is 258 Å². The fraction of sp³-hybridized carbons (Fsp3) is 0.333. The lowest BCUT2D eigenvalue weighted by atomic mass is 9.68. The largest absolute Gasteiger partial charge is 0.508 e. The minimum absolute atomic E-state index is 0.231. The number of aliphatic hydroxyl groups excluding tert-OH is 4. The molecule has 0 atom stereocenters. The molecule has 0 heterocycles. The molecule has 0 unspecified atom stereocenters. The number of benzene rings is 4. The van der Waals surface area contributed by atoms with E-state index in [-0.39, 0.29) is 33.8 Å². The summed E-state index contributed by atoms with van der Waals surface area (Å²) >= 11 is 0. The van der Waals surface area contributed by atoms with Gasteiger partial charge in [-0.3, -0.25) is 0 Å². The second kappa shape index (κ2) is 15.1. The normalized spacial score (nSPS) is 12.0. The minimum atomic E-state index is -1.11. The van der Waals surface area contributed by atoms with E-state index in [9.17, 15) is 20.4 Å². The van der Waals surface area contributed by atoms with Gasteiger partial charge in [-0.1, -0.05) is 68.8 Å². The van der Waals surface area contributed by atoms with Crippen molar-refractivity contribution in [1.29, 1.82) is 0 Å². The van der Waals surface area contributed by atoms with E-state index >= 15 is 0 Å². The van der Waals surface area contributed by atoms with Crippen LogP contribution in [0.25, 0.3) is 0 Å². The smallest absolute Gasteiger partial charge is 0.115 e. The molecule has 8 N–H and O–H groups in total. The van der Waals surface area contributed by atoms with E-state index in [1.54, 1.807) is 48.5 Å². The lowest BCUT2D eigenvalue weighted by Gasteiger charge is -2.35. The molecule has 0 saturated heterocycles. The highest BCUT2D eigenvalue weighted by atomic mass is 16.3. The van der Waals surface area contributed by atoms with E-state index in [0.29, 0.717) is 0 Å². The van der Waals surface area contributed by atoms with Crippen LogP contribution in [0.2, 0.25) is 0 Å². The molecule has 8 heteroatoms. The van der Waals surface area contributed by atoms with Crippen molar-refractivity contribution in [2.75, 3.05) is 26.4 Å². The van der Waals surface area contributed by atoms with Gasteiger partial charge in [-0.25, -0.2) is 0 Å². The predicted molar refractivity (Wildman–Crippen MR) is 170 cm³/mol. The summed E-state index contributed by atoms with van der Waals surface area (Å²) in [5.74, 6) is 0.922. The Morgan fingerprint density at radius 3 is 0.750 bits per heavy atom. The average Bonchev–Trinajstić information content (AvgIpc) is 3.04. The van der Waals surface area contributed by atoms with E-state index in [1.807, 2.05) is 48.5 Å². The Bertz CT molecular complexity index is 1200. The Hall–Kier alpha value is -4.08. The Morgan fingerprint density at radius 1 is 0.386 bits per heavy atom. The molecule has 4 aromatic rings. The van der Waals surface area contributed by atoms with Crippen LogP contribution in [0, 0.1) is 5.41 Å². The van der Waals surface area contributed by atoms with Crippen LogP contribution in [0.15, 0.2) is 97.1 Å². The summed E-state index contributed by atoms with van der Waals surface area (Å²) in [7, 11) is 0. The van der Waals surface area contributed by atoms with Gasteiger partial charge in [-0.15, -0.1) is 0 Å². The van der Waals surface area contributed by atoms with Crippen LogP contribution < -0.4 is 0 Å². The van der Waals surface area contributed by atoms with Crippen molar-refractivity contribution in [2.45, 2.75) is 43.9 Å².